The van der Waals surface area contributed by atoms with Crippen LogP contribution in [-0.2, 0) is 21.2 Å². The Bertz CT molecular complexity index is 1150. The fourth-order valence-corrected chi connectivity index (χ4v) is 4.90. The summed E-state index contributed by atoms with van der Waals surface area (Å²) in [4.78, 5) is 16.9. The number of rotatable bonds is 6. The Hall–Kier alpha value is -3.24. The topological polar surface area (TPSA) is 115 Å². The van der Waals surface area contributed by atoms with Crippen molar-refractivity contribution in [1.29, 1.82) is 0 Å². The summed E-state index contributed by atoms with van der Waals surface area (Å²) in [5.41, 5.74) is 0.765. The second kappa shape index (κ2) is 8.25. The van der Waals surface area contributed by atoms with Crippen molar-refractivity contribution < 1.29 is 22.5 Å². The number of sulfonamides is 1. The summed E-state index contributed by atoms with van der Waals surface area (Å²) < 4.78 is 38.1. The summed E-state index contributed by atoms with van der Waals surface area (Å²) in [7, 11) is -2.48. The van der Waals surface area contributed by atoms with Crippen LogP contribution in [0.25, 0.3) is 11.4 Å². The first-order valence-corrected chi connectivity index (χ1v) is 10.7. The van der Waals surface area contributed by atoms with Crippen LogP contribution in [0.15, 0.2) is 64.0 Å². The average molecular weight is 428 g/mol. The quantitative estimate of drug-likeness (QED) is 0.632. The summed E-state index contributed by atoms with van der Waals surface area (Å²) in [6.45, 7) is 0.354. The Kier molecular flexibility index (Phi) is 5.51. The lowest BCUT2D eigenvalue weighted by Crippen LogP contribution is -2.57. The number of aromatic nitrogens is 2. The van der Waals surface area contributed by atoms with Crippen molar-refractivity contribution in [2.75, 3.05) is 20.2 Å². The minimum absolute atomic E-state index is 0.0329. The predicted molar refractivity (Wildman–Crippen MR) is 107 cm³/mol. The molecule has 1 aromatic heterocycles. The van der Waals surface area contributed by atoms with Crippen molar-refractivity contribution in [3.63, 3.8) is 0 Å². The molecule has 0 radical (unpaired) electrons. The number of methoxy groups -OCH3 is 1. The number of carbonyl (C=O) groups is 1. The highest BCUT2D eigenvalue weighted by Gasteiger charge is 2.39. The fourth-order valence-electron chi connectivity index (χ4n) is 3.28. The summed E-state index contributed by atoms with van der Waals surface area (Å²) in [6.07, 6.45) is -0.0329. The van der Waals surface area contributed by atoms with Gasteiger partial charge in [0, 0.05) is 24.7 Å². The molecule has 1 N–H and O–H groups in total. The predicted octanol–water partition coefficient (Wildman–Crippen LogP) is 1.48. The van der Waals surface area contributed by atoms with Crippen molar-refractivity contribution in [3.05, 3.63) is 60.5 Å². The van der Waals surface area contributed by atoms with Crippen molar-refractivity contribution >= 4 is 15.9 Å². The molecular formula is C20H20N4O5S. The van der Waals surface area contributed by atoms with E-state index in [0.29, 0.717) is 11.6 Å². The molecule has 0 bridgehead atoms. The van der Waals surface area contributed by atoms with Gasteiger partial charge in [0.25, 0.3) is 0 Å². The number of amides is 1. The molecule has 1 amide bonds. The molecular weight excluding hydrogens is 408 g/mol. The van der Waals surface area contributed by atoms with Crippen molar-refractivity contribution in [1.82, 2.24) is 19.8 Å². The Balaban J connectivity index is 1.62. The first-order valence-electron chi connectivity index (χ1n) is 9.30. The smallest absolute Gasteiger partial charge is 0.244 e. The lowest BCUT2D eigenvalue weighted by atomic mass is 10.1. The van der Waals surface area contributed by atoms with Crippen LogP contribution in [0, 0.1) is 0 Å². The van der Waals surface area contributed by atoms with E-state index in [1.807, 2.05) is 30.3 Å². The van der Waals surface area contributed by atoms with E-state index in [9.17, 15) is 13.2 Å². The molecule has 3 aromatic rings. The van der Waals surface area contributed by atoms with E-state index < -0.39 is 22.0 Å². The highest BCUT2D eigenvalue weighted by Crippen LogP contribution is 2.25. The first kappa shape index (κ1) is 20.0. The van der Waals surface area contributed by atoms with E-state index in [0.717, 1.165) is 5.56 Å². The number of piperazine rings is 1. The highest BCUT2D eigenvalue weighted by atomic mass is 32.2. The van der Waals surface area contributed by atoms with Gasteiger partial charge < -0.3 is 14.6 Å². The molecule has 9 nitrogen and oxygen atoms in total. The maximum Gasteiger partial charge on any atom is 0.244 e. The second-order valence-corrected chi connectivity index (χ2v) is 8.57. The Morgan fingerprint density at radius 3 is 2.77 bits per heavy atom. The molecule has 1 fully saturated rings. The van der Waals surface area contributed by atoms with Gasteiger partial charge in [0.2, 0.25) is 27.6 Å². The molecule has 2 heterocycles. The third kappa shape index (κ3) is 3.91. The molecule has 1 saturated heterocycles. The average Bonchev–Trinajstić information content (AvgIpc) is 3.24. The maximum absolute atomic E-state index is 13.3. The van der Waals surface area contributed by atoms with Gasteiger partial charge in [-0.2, -0.15) is 9.29 Å². The summed E-state index contributed by atoms with van der Waals surface area (Å²) in [6, 6.07) is 14.4. The van der Waals surface area contributed by atoms with Crippen LogP contribution in [0.4, 0.5) is 0 Å². The van der Waals surface area contributed by atoms with Crippen LogP contribution in [0.3, 0.4) is 0 Å². The summed E-state index contributed by atoms with van der Waals surface area (Å²) in [5, 5.41) is 6.65. The van der Waals surface area contributed by atoms with Crippen LogP contribution < -0.4 is 10.1 Å². The van der Waals surface area contributed by atoms with Gasteiger partial charge in [0.1, 0.15) is 11.8 Å². The SMILES string of the molecule is COc1cccc(S(=O)(=O)N2CCNC(=O)C2Cc2nc(-c3ccccc3)no2)c1. The van der Waals surface area contributed by atoms with Gasteiger partial charge >= 0.3 is 0 Å². The molecule has 1 aliphatic heterocycles. The molecule has 156 valence electrons. The van der Waals surface area contributed by atoms with Crippen LogP contribution in [-0.4, -0.2) is 55.0 Å². The number of carbonyl (C=O) groups excluding carboxylic acids is 1. The monoisotopic (exact) mass is 428 g/mol. The normalized spacial score (nSPS) is 17.5. The van der Waals surface area contributed by atoms with Gasteiger partial charge in [-0.3, -0.25) is 4.79 Å². The van der Waals surface area contributed by atoms with Crippen LogP contribution in [0.1, 0.15) is 5.89 Å². The third-order valence-corrected chi connectivity index (χ3v) is 6.70. The van der Waals surface area contributed by atoms with Gasteiger partial charge in [-0.05, 0) is 12.1 Å². The maximum atomic E-state index is 13.3. The van der Waals surface area contributed by atoms with Crippen LogP contribution >= 0.6 is 0 Å². The van der Waals surface area contributed by atoms with Gasteiger partial charge in [-0.1, -0.05) is 41.6 Å². The number of ether oxygens (including phenoxy) is 1. The van der Waals surface area contributed by atoms with Crippen molar-refractivity contribution in [2.24, 2.45) is 0 Å². The molecule has 30 heavy (non-hydrogen) atoms. The third-order valence-electron chi connectivity index (χ3n) is 4.80. The molecule has 4 rings (SSSR count). The van der Waals surface area contributed by atoms with Gasteiger partial charge in [0.15, 0.2) is 0 Å². The zero-order valence-electron chi connectivity index (χ0n) is 16.2. The minimum Gasteiger partial charge on any atom is -0.497 e. The van der Waals surface area contributed by atoms with Gasteiger partial charge in [-0.15, -0.1) is 0 Å². The van der Waals surface area contributed by atoms with E-state index in [1.165, 1.54) is 23.5 Å². The number of benzene rings is 2. The lowest BCUT2D eigenvalue weighted by molar-refractivity contribution is -0.126. The highest BCUT2D eigenvalue weighted by molar-refractivity contribution is 7.89. The first-order chi connectivity index (χ1) is 14.5. The van der Waals surface area contributed by atoms with E-state index >= 15 is 0 Å². The summed E-state index contributed by atoms with van der Waals surface area (Å²) >= 11 is 0. The summed E-state index contributed by atoms with van der Waals surface area (Å²) in [5.74, 6) is 0.566. The molecule has 10 heteroatoms. The zero-order valence-corrected chi connectivity index (χ0v) is 17.0. The lowest BCUT2D eigenvalue weighted by Gasteiger charge is -2.33. The standard InChI is InChI=1S/C20H20N4O5S/c1-28-15-8-5-9-16(12-15)30(26,27)24-11-10-21-20(25)17(24)13-18-22-19(23-29-18)14-6-3-2-4-7-14/h2-9,12,17H,10-11,13H2,1H3,(H,21,25). The van der Waals surface area contributed by atoms with E-state index in [-0.39, 0.29) is 30.3 Å². The molecule has 0 spiro atoms. The number of hydrogen-bond donors (Lipinski definition) is 1. The molecule has 0 saturated carbocycles. The van der Waals surface area contributed by atoms with Gasteiger partial charge in [0.05, 0.1) is 18.4 Å². The molecule has 1 unspecified atom stereocenters. The molecule has 2 aromatic carbocycles. The largest absolute Gasteiger partial charge is 0.497 e. The number of hydrogen-bond acceptors (Lipinski definition) is 7. The van der Waals surface area contributed by atoms with Crippen molar-refractivity contribution in [2.45, 2.75) is 17.4 Å². The van der Waals surface area contributed by atoms with Gasteiger partial charge in [-0.25, -0.2) is 8.42 Å². The van der Waals surface area contributed by atoms with E-state index in [1.54, 1.807) is 12.1 Å². The Morgan fingerprint density at radius 2 is 2.00 bits per heavy atom. The number of nitrogens with one attached hydrogen (secondary N) is 1. The van der Waals surface area contributed by atoms with Crippen LogP contribution in [0.5, 0.6) is 5.75 Å². The minimum atomic E-state index is -3.94. The Morgan fingerprint density at radius 1 is 1.20 bits per heavy atom. The number of nitrogens with zero attached hydrogens (tertiary/aromatic N) is 3. The molecule has 1 atom stereocenters. The fraction of sp³-hybridized carbons (Fsp3) is 0.250. The molecule has 1 aliphatic rings. The zero-order chi connectivity index (χ0) is 21.1. The van der Waals surface area contributed by atoms with E-state index in [2.05, 4.69) is 15.5 Å². The van der Waals surface area contributed by atoms with E-state index in [4.69, 9.17) is 9.26 Å². The van der Waals surface area contributed by atoms with Crippen molar-refractivity contribution in [3.8, 4) is 17.1 Å². The molecule has 0 aliphatic carbocycles. The van der Waals surface area contributed by atoms with Crippen LogP contribution in [0.2, 0.25) is 0 Å². The Labute approximate surface area is 173 Å². The second-order valence-electron chi connectivity index (χ2n) is 6.68.